The third kappa shape index (κ3) is 3.85. The number of sulfonamides is 1. The zero-order chi connectivity index (χ0) is 16.3. The zero-order valence-corrected chi connectivity index (χ0v) is 13.6. The molecule has 0 saturated carbocycles. The summed E-state index contributed by atoms with van der Waals surface area (Å²) in [7, 11) is -3.57. The van der Waals surface area contributed by atoms with E-state index >= 15 is 0 Å². The van der Waals surface area contributed by atoms with E-state index in [1.165, 1.54) is 6.92 Å². The first-order chi connectivity index (χ1) is 10.3. The van der Waals surface area contributed by atoms with Crippen molar-refractivity contribution in [2.75, 3.05) is 30.2 Å². The van der Waals surface area contributed by atoms with Crippen LogP contribution in [0.3, 0.4) is 0 Å². The fourth-order valence-corrected chi connectivity index (χ4v) is 3.30. The molecule has 1 saturated heterocycles. The summed E-state index contributed by atoms with van der Waals surface area (Å²) in [6.45, 7) is 2.60. The third-order valence-electron chi connectivity index (χ3n) is 3.70. The molecule has 0 aliphatic carbocycles. The van der Waals surface area contributed by atoms with E-state index in [0.717, 1.165) is 23.4 Å². The highest BCUT2D eigenvalue weighted by molar-refractivity contribution is 7.92. The minimum absolute atomic E-state index is 0.0920. The average molecular weight is 324 g/mol. The molecular formula is C15H20N2O4S. The van der Waals surface area contributed by atoms with Crippen molar-refractivity contribution >= 4 is 27.4 Å². The van der Waals surface area contributed by atoms with Gasteiger partial charge in [0.2, 0.25) is 15.9 Å². The molecule has 6 nitrogen and oxygen atoms in total. The van der Waals surface area contributed by atoms with Gasteiger partial charge in [0.25, 0.3) is 0 Å². The lowest BCUT2D eigenvalue weighted by atomic mass is 10.1. The van der Waals surface area contributed by atoms with Crippen LogP contribution in [0.2, 0.25) is 0 Å². The van der Waals surface area contributed by atoms with Crippen LogP contribution in [0.4, 0.5) is 5.69 Å². The number of hydrogen-bond donors (Lipinski definition) is 0. The van der Waals surface area contributed by atoms with Crippen molar-refractivity contribution in [2.24, 2.45) is 0 Å². The molecular weight excluding hydrogens is 304 g/mol. The van der Waals surface area contributed by atoms with E-state index in [0.29, 0.717) is 24.3 Å². The van der Waals surface area contributed by atoms with Gasteiger partial charge in [-0.2, -0.15) is 0 Å². The van der Waals surface area contributed by atoms with Gasteiger partial charge in [0.1, 0.15) is 6.54 Å². The Labute approximate surface area is 130 Å². The molecule has 1 fully saturated rings. The maximum atomic E-state index is 12.2. The number of hydrogen-bond acceptors (Lipinski definition) is 4. The predicted octanol–water partition coefficient (Wildman–Crippen LogP) is 1.28. The standard InChI is InChI=1S/C15H20N2O4S/c1-12(18)13-5-7-14(8-6-13)17(22(2,20)21)11-15(19)16-9-3-4-10-16/h5-8H,3-4,9-11H2,1-2H3. The second kappa shape index (κ2) is 6.48. The van der Waals surface area contributed by atoms with E-state index in [1.807, 2.05) is 0 Å². The molecule has 7 heteroatoms. The van der Waals surface area contributed by atoms with Crippen molar-refractivity contribution in [1.29, 1.82) is 0 Å². The number of anilines is 1. The van der Waals surface area contributed by atoms with Crippen molar-refractivity contribution in [3.8, 4) is 0 Å². The third-order valence-corrected chi connectivity index (χ3v) is 4.84. The van der Waals surface area contributed by atoms with E-state index in [9.17, 15) is 18.0 Å². The first kappa shape index (κ1) is 16.5. The second-order valence-corrected chi connectivity index (χ2v) is 7.37. The molecule has 0 radical (unpaired) electrons. The largest absolute Gasteiger partial charge is 0.341 e. The molecule has 0 bridgehead atoms. The van der Waals surface area contributed by atoms with Gasteiger partial charge in [-0.3, -0.25) is 13.9 Å². The smallest absolute Gasteiger partial charge is 0.243 e. The van der Waals surface area contributed by atoms with Gasteiger partial charge in [-0.1, -0.05) is 0 Å². The SMILES string of the molecule is CC(=O)c1ccc(N(CC(=O)N2CCCC2)S(C)(=O)=O)cc1. The lowest BCUT2D eigenvalue weighted by Gasteiger charge is -2.25. The van der Waals surface area contributed by atoms with E-state index in [4.69, 9.17) is 0 Å². The van der Waals surface area contributed by atoms with Gasteiger partial charge in [0.15, 0.2) is 5.78 Å². The Kier molecular flexibility index (Phi) is 4.85. The van der Waals surface area contributed by atoms with Crippen LogP contribution in [-0.2, 0) is 14.8 Å². The molecule has 1 aromatic rings. The number of ketones is 1. The molecule has 0 aromatic heterocycles. The Morgan fingerprint density at radius 2 is 1.68 bits per heavy atom. The number of Topliss-reactive ketones (excluding diaryl/α,β-unsaturated/α-hetero) is 1. The molecule has 1 aromatic carbocycles. The highest BCUT2D eigenvalue weighted by Crippen LogP contribution is 2.19. The number of carbonyl (C=O) groups excluding carboxylic acids is 2. The number of rotatable bonds is 5. The van der Waals surface area contributed by atoms with E-state index in [2.05, 4.69) is 0 Å². The first-order valence-electron chi connectivity index (χ1n) is 7.15. The van der Waals surface area contributed by atoms with Crippen molar-refractivity contribution in [3.63, 3.8) is 0 Å². The Balaban J connectivity index is 2.22. The van der Waals surface area contributed by atoms with Gasteiger partial charge in [-0.25, -0.2) is 8.42 Å². The van der Waals surface area contributed by atoms with Gasteiger partial charge in [0.05, 0.1) is 11.9 Å². The Hall–Kier alpha value is -1.89. The highest BCUT2D eigenvalue weighted by Gasteiger charge is 2.25. The van der Waals surface area contributed by atoms with Crippen molar-refractivity contribution in [1.82, 2.24) is 4.90 Å². The summed E-state index contributed by atoms with van der Waals surface area (Å²) >= 11 is 0. The number of nitrogens with zero attached hydrogens (tertiary/aromatic N) is 2. The molecule has 1 amide bonds. The molecule has 22 heavy (non-hydrogen) atoms. The number of benzene rings is 1. The molecule has 0 unspecified atom stereocenters. The van der Waals surface area contributed by atoms with Crippen LogP contribution < -0.4 is 4.31 Å². The van der Waals surface area contributed by atoms with E-state index in [-0.39, 0.29) is 18.2 Å². The van der Waals surface area contributed by atoms with Gasteiger partial charge < -0.3 is 4.90 Å². The molecule has 120 valence electrons. The lowest BCUT2D eigenvalue weighted by molar-refractivity contribution is -0.128. The van der Waals surface area contributed by atoms with Crippen LogP contribution >= 0.6 is 0 Å². The van der Waals surface area contributed by atoms with E-state index < -0.39 is 10.0 Å². The lowest BCUT2D eigenvalue weighted by Crippen LogP contribution is -2.41. The maximum Gasteiger partial charge on any atom is 0.243 e. The van der Waals surface area contributed by atoms with Crippen molar-refractivity contribution in [2.45, 2.75) is 19.8 Å². The monoisotopic (exact) mass is 324 g/mol. The average Bonchev–Trinajstić information content (AvgIpc) is 2.97. The minimum atomic E-state index is -3.57. The van der Waals surface area contributed by atoms with Gasteiger partial charge in [0, 0.05) is 18.7 Å². The summed E-state index contributed by atoms with van der Waals surface area (Å²) in [4.78, 5) is 25.2. The van der Waals surface area contributed by atoms with Crippen LogP contribution in [0.25, 0.3) is 0 Å². The van der Waals surface area contributed by atoms with E-state index in [1.54, 1.807) is 29.2 Å². The quantitative estimate of drug-likeness (QED) is 0.765. The number of likely N-dealkylation sites (tertiary alicyclic amines) is 1. The fourth-order valence-electron chi connectivity index (χ4n) is 2.45. The van der Waals surface area contributed by atoms with Crippen molar-refractivity contribution in [3.05, 3.63) is 29.8 Å². The molecule has 0 spiro atoms. The Morgan fingerprint density at radius 3 is 2.14 bits per heavy atom. The topological polar surface area (TPSA) is 74.8 Å². The summed E-state index contributed by atoms with van der Waals surface area (Å²) in [6, 6.07) is 6.23. The van der Waals surface area contributed by atoms with Gasteiger partial charge in [-0.05, 0) is 44.0 Å². The Morgan fingerprint density at radius 1 is 1.14 bits per heavy atom. The van der Waals surface area contributed by atoms with Crippen LogP contribution in [0.15, 0.2) is 24.3 Å². The summed E-state index contributed by atoms with van der Waals surface area (Å²) in [6.07, 6.45) is 2.99. The fraction of sp³-hybridized carbons (Fsp3) is 0.467. The summed E-state index contributed by atoms with van der Waals surface area (Å²) in [5.74, 6) is -0.288. The second-order valence-electron chi connectivity index (χ2n) is 5.46. The van der Waals surface area contributed by atoms with Crippen LogP contribution in [0.5, 0.6) is 0 Å². The van der Waals surface area contributed by atoms with Crippen LogP contribution in [-0.4, -0.2) is 50.9 Å². The summed E-state index contributed by atoms with van der Waals surface area (Å²) < 4.78 is 25.1. The molecule has 1 aliphatic rings. The van der Waals surface area contributed by atoms with Crippen LogP contribution in [0, 0.1) is 0 Å². The minimum Gasteiger partial charge on any atom is -0.341 e. The highest BCUT2D eigenvalue weighted by atomic mass is 32.2. The Bertz CT molecular complexity index is 661. The first-order valence-corrected chi connectivity index (χ1v) is 9.00. The summed E-state index contributed by atoms with van der Waals surface area (Å²) in [5, 5.41) is 0. The van der Waals surface area contributed by atoms with Crippen molar-refractivity contribution < 1.29 is 18.0 Å². The molecule has 2 rings (SSSR count). The molecule has 0 atom stereocenters. The summed E-state index contributed by atoms with van der Waals surface area (Å²) in [5.41, 5.74) is 0.892. The van der Waals surface area contributed by atoms with Gasteiger partial charge >= 0.3 is 0 Å². The number of amides is 1. The predicted molar refractivity (Wildman–Crippen MR) is 84.5 cm³/mol. The molecule has 0 N–H and O–H groups in total. The molecule has 1 aliphatic heterocycles. The van der Waals surface area contributed by atoms with Crippen LogP contribution in [0.1, 0.15) is 30.1 Å². The molecule has 1 heterocycles. The number of carbonyl (C=O) groups is 2. The van der Waals surface area contributed by atoms with Gasteiger partial charge in [-0.15, -0.1) is 0 Å². The normalized spacial score (nSPS) is 14.9. The zero-order valence-electron chi connectivity index (χ0n) is 12.8. The maximum absolute atomic E-state index is 12.2.